The first-order valence-corrected chi connectivity index (χ1v) is 7.26. The lowest BCUT2D eigenvalue weighted by atomic mass is 9.84. The normalized spacial score (nSPS) is 12.8. The standard InChI is InChI=1S/C14H17BrClNO3/c1-14(2,3)11(7-12(18)19)17-13(20)8-4-5-9(15)10(16)6-8/h4-6,11H,7H2,1-3H3,(H,17,20)(H,18,19). The summed E-state index contributed by atoms with van der Waals surface area (Å²) in [6, 6.07) is 4.39. The van der Waals surface area contributed by atoms with Crippen molar-refractivity contribution in [3.8, 4) is 0 Å². The van der Waals surface area contributed by atoms with E-state index in [1.807, 2.05) is 20.8 Å². The average molecular weight is 363 g/mol. The first-order valence-electron chi connectivity index (χ1n) is 6.09. The van der Waals surface area contributed by atoms with Gasteiger partial charge in [0.15, 0.2) is 0 Å². The van der Waals surface area contributed by atoms with Crippen LogP contribution >= 0.6 is 27.5 Å². The molecule has 1 unspecified atom stereocenters. The van der Waals surface area contributed by atoms with Crippen LogP contribution in [0.2, 0.25) is 5.02 Å². The average Bonchev–Trinajstić information content (AvgIpc) is 2.30. The lowest BCUT2D eigenvalue weighted by Gasteiger charge is -2.30. The molecule has 0 aromatic heterocycles. The van der Waals surface area contributed by atoms with Crippen molar-refractivity contribution in [2.24, 2.45) is 5.41 Å². The number of rotatable bonds is 4. The molecule has 0 aliphatic heterocycles. The number of hydrogen-bond acceptors (Lipinski definition) is 2. The van der Waals surface area contributed by atoms with Crippen LogP contribution in [0.5, 0.6) is 0 Å². The molecule has 6 heteroatoms. The molecule has 1 rings (SSSR count). The van der Waals surface area contributed by atoms with E-state index in [1.165, 1.54) is 0 Å². The molecule has 110 valence electrons. The Bertz CT molecular complexity index is 526. The molecule has 0 fully saturated rings. The maximum Gasteiger partial charge on any atom is 0.305 e. The monoisotopic (exact) mass is 361 g/mol. The van der Waals surface area contributed by atoms with Gasteiger partial charge in [-0.2, -0.15) is 0 Å². The Morgan fingerprint density at radius 1 is 1.40 bits per heavy atom. The van der Waals surface area contributed by atoms with E-state index in [2.05, 4.69) is 21.2 Å². The van der Waals surface area contributed by atoms with Crippen molar-refractivity contribution in [1.29, 1.82) is 0 Å². The maximum atomic E-state index is 12.2. The van der Waals surface area contributed by atoms with Gasteiger partial charge in [-0.25, -0.2) is 0 Å². The first kappa shape index (κ1) is 17.0. The molecule has 0 heterocycles. The molecule has 0 spiro atoms. The van der Waals surface area contributed by atoms with Crippen LogP contribution in [0, 0.1) is 5.41 Å². The molecular weight excluding hydrogens is 346 g/mol. The largest absolute Gasteiger partial charge is 0.481 e. The van der Waals surface area contributed by atoms with Gasteiger partial charge in [0.1, 0.15) is 0 Å². The fourth-order valence-corrected chi connectivity index (χ4v) is 2.05. The van der Waals surface area contributed by atoms with Crippen LogP contribution in [-0.4, -0.2) is 23.0 Å². The van der Waals surface area contributed by atoms with Crippen molar-refractivity contribution in [2.75, 3.05) is 0 Å². The molecule has 0 radical (unpaired) electrons. The molecule has 4 nitrogen and oxygen atoms in total. The summed E-state index contributed by atoms with van der Waals surface area (Å²) in [6.07, 6.45) is -0.125. The Kier molecular flexibility index (Phi) is 5.59. The van der Waals surface area contributed by atoms with Crippen molar-refractivity contribution >= 4 is 39.4 Å². The van der Waals surface area contributed by atoms with Crippen LogP contribution in [0.25, 0.3) is 0 Å². The summed E-state index contributed by atoms with van der Waals surface area (Å²) in [4.78, 5) is 23.1. The van der Waals surface area contributed by atoms with Gasteiger partial charge in [-0.15, -0.1) is 0 Å². The van der Waals surface area contributed by atoms with E-state index >= 15 is 0 Å². The molecule has 1 amide bonds. The fraction of sp³-hybridized carbons (Fsp3) is 0.429. The minimum atomic E-state index is -0.945. The molecule has 1 aromatic carbocycles. The zero-order chi connectivity index (χ0) is 15.5. The molecular formula is C14H17BrClNO3. The Labute approximate surface area is 131 Å². The lowest BCUT2D eigenvalue weighted by Crippen LogP contribution is -2.45. The SMILES string of the molecule is CC(C)(C)C(CC(=O)O)NC(=O)c1ccc(Br)c(Cl)c1. The summed E-state index contributed by atoms with van der Waals surface area (Å²) >= 11 is 9.20. The summed E-state index contributed by atoms with van der Waals surface area (Å²) in [5, 5.41) is 12.1. The third-order valence-corrected chi connectivity index (χ3v) is 4.14. The van der Waals surface area contributed by atoms with Gasteiger partial charge >= 0.3 is 5.97 Å². The van der Waals surface area contributed by atoms with Gasteiger partial charge in [-0.05, 0) is 39.5 Å². The summed E-state index contributed by atoms with van der Waals surface area (Å²) in [5.41, 5.74) is 0.0468. The summed E-state index contributed by atoms with van der Waals surface area (Å²) < 4.78 is 0.702. The van der Waals surface area contributed by atoms with Gasteiger partial charge in [-0.1, -0.05) is 32.4 Å². The van der Waals surface area contributed by atoms with E-state index in [4.69, 9.17) is 16.7 Å². The minimum absolute atomic E-state index is 0.125. The van der Waals surface area contributed by atoms with Gasteiger partial charge < -0.3 is 10.4 Å². The number of amides is 1. The number of carbonyl (C=O) groups excluding carboxylic acids is 1. The predicted molar refractivity (Wildman–Crippen MR) is 82.1 cm³/mol. The van der Waals surface area contributed by atoms with Crippen LogP contribution in [0.1, 0.15) is 37.6 Å². The zero-order valence-corrected chi connectivity index (χ0v) is 13.9. The van der Waals surface area contributed by atoms with Gasteiger partial charge in [0.05, 0.1) is 11.4 Å². The van der Waals surface area contributed by atoms with Crippen LogP contribution in [0.3, 0.4) is 0 Å². The molecule has 0 saturated heterocycles. The van der Waals surface area contributed by atoms with Gasteiger partial charge in [0.2, 0.25) is 0 Å². The van der Waals surface area contributed by atoms with Crippen LogP contribution in [0.4, 0.5) is 0 Å². The molecule has 1 aromatic rings. The second kappa shape index (κ2) is 6.59. The molecule has 0 bridgehead atoms. The summed E-state index contributed by atoms with van der Waals surface area (Å²) in [5.74, 6) is -1.28. The Morgan fingerprint density at radius 2 is 2.00 bits per heavy atom. The molecule has 2 N–H and O–H groups in total. The second-order valence-corrected chi connectivity index (χ2v) is 6.88. The van der Waals surface area contributed by atoms with E-state index in [0.717, 1.165) is 0 Å². The van der Waals surface area contributed by atoms with Gasteiger partial charge in [-0.3, -0.25) is 9.59 Å². The van der Waals surface area contributed by atoms with Crippen LogP contribution in [-0.2, 0) is 4.79 Å². The maximum absolute atomic E-state index is 12.2. The van der Waals surface area contributed by atoms with Crippen molar-refractivity contribution in [3.63, 3.8) is 0 Å². The van der Waals surface area contributed by atoms with Crippen molar-refractivity contribution in [1.82, 2.24) is 5.32 Å². The Hall–Kier alpha value is -1.07. The van der Waals surface area contributed by atoms with Gasteiger partial charge in [0.25, 0.3) is 5.91 Å². The predicted octanol–water partition coefficient (Wildman–Crippen LogP) is 3.72. The highest BCUT2D eigenvalue weighted by Crippen LogP contribution is 2.25. The number of nitrogens with one attached hydrogen (secondary N) is 1. The second-order valence-electron chi connectivity index (χ2n) is 5.62. The lowest BCUT2D eigenvalue weighted by molar-refractivity contribution is -0.138. The molecule has 0 aliphatic carbocycles. The van der Waals surface area contributed by atoms with Crippen molar-refractivity contribution < 1.29 is 14.7 Å². The van der Waals surface area contributed by atoms with Crippen molar-refractivity contribution in [2.45, 2.75) is 33.2 Å². The number of benzene rings is 1. The number of aliphatic carboxylic acids is 1. The fourth-order valence-electron chi connectivity index (χ4n) is 1.63. The highest BCUT2D eigenvalue weighted by molar-refractivity contribution is 9.10. The van der Waals surface area contributed by atoms with E-state index in [1.54, 1.807) is 18.2 Å². The quantitative estimate of drug-likeness (QED) is 0.858. The number of hydrogen-bond donors (Lipinski definition) is 2. The van der Waals surface area contributed by atoms with E-state index in [9.17, 15) is 9.59 Å². The number of carbonyl (C=O) groups is 2. The number of carboxylic acid groups (broad SMARTS) is 1. The zero-order valence-electron chi connectivity index (χ0n) is 11.5. The van der Waals surface area contributed by atoms with Gasteiger partial charge in [0, 0.05) is 16.1 Å². The third-order valence-electron chi connectivity index (χ3n) is 2.91. The molecule has 20 heavy (non-hydrogen) atoms. The van der Waals surface area contributed by atoms with Crippen LogP contribution < -0.4 is 5.32 Å². The van der Waals surface area contributed by atoms with Crippen LogP contribution in [0.15, 0.2) is 22.7 Å². The molecule has 0 saturated carbocycles. The topological polar surface area (TPSA) is 66.4 Å². The first-order chi connectivity index (χ1) is 9.11. The smallest absolute Gasteiger partial charge is 0.305 e. The number of halogens is 2. The Morgan fingerprint density at radius 3 is 2.45 bits per heavy atom. The highest BCUT2D eigenvalue weighted by atomic mass is 79.9. The van der Waals surface area contributed by atoms with E-state index < -0.39 is 12.0 Å². The van der Waals surface area contributed by atoms with E-state index in [-0.39, 0.29) is 17.7 Å². The Balaban J connectivity index is 2.90. The summed E-state index contributed by atoms with van der Waals surface area (Å²) in [6.45, 7) is 5.65. The number of carboxylic acids is 1. The van der Waals surface area contributed by atoms with E-state index in [0.29, 0.717) is 15.1 Å². The highest BCUT2D eigenvalue weighted by Gasteiger charge is 2.28. The minimum Gasteiger partial charge on any atom is -0.481 e. The molecule has 1 atom stereocenters. The van der Waals surface area contributed by atoms with Crippen molar-refractivity contribution in [3.05, 3.63) is 33.3 Å². The summed E-state index contributed by atoms with van der Waals surface area (Å²) in [7, 11) is 0. The third kappa shape index (κ3) is 4.80. The molecule has 0 aliphatic rings.